The molecular formula is C14H16N4. The van der Waals surface area contributed by atoms with Crippen LogP contribution in [-0.2, 0) is 20.1 Å². The highest BCUT2D eigenvalue weighted by Gasteiger charge is 2.02. The van der Waals surface area contributed by atoms with Gasteiger partial charge in [0.25, 0.3) is 0 Å². The lowest BCUT2D eigenvalue weighted by Crippen LogP contribution is -2.13. The summed E-state index contributed by atoms with van der Waals surface area (Å²) in [4.78, 5) is 0. The van der Waals surface area contributed by atoms with Crippen LogP contribution >= 0.6 is 0 Å². The lowest BCUT2D eigenvalue weighted by atomic mass is 10.1. The Kier molecular flexibility index (Phi) is 3.75. The van der Waals surface area contributed by atoms with Crippen LogP contribution in [0.1, 0.15) is 22.4 Å². The Balaban J connectivity index is 1.88. The molecule has 92 valence electrons. The van der Waals surface area contributed by atoms with Gasteiger partial charge in [0.15, 0.2) is 0 Å². The number of nitrogens with one attached hydrogen (secondary N) is 1. The molecule has 2 rings (SSSR count). The zero-order chi connectivity index (χ0) is 13.0. The van der Waals surface area contributed by atoms with Gasteiger partial charge in [-0.15, -0.1) is 0 Å². The lowest BCUT2D eigenvalue weighted by molar-refractivity contribution is 0.684. The van der Waals surface area contributed by atoms with Gasteiger partial charge < -0.3 is 5.32 Å². The first-order valence-corrected chi connectivity index (χ1v) is 5.88. The van der Waals surface area contributed by atoms with E-state index >= 15 is 0 Å². The summed E-state index contributed by atoms with van der Waals surface area (Å²) in [6.45, 7) is 3.66. The molecule has 4 nitrogen and oxygen atoms in total. The summed E-state index contributed by atoms with van der Waals surface area (Å²) in [5.74, 6) is 0. The minimum atomic E-state index is 0.696. The van der Waals surface area contributed by atoms with E-state index in [0.29, 0.717) is 5.56 Å². The number of nitriles is 1. The molecule has 18 heavy (non-hydrogen) atoms. The third-order valence-corrected chi connectivity index (χ3v) is 3.06. The molecular weight excluding hydrogens is 224 g/mol. The molecule has 0 aliphatic rings. The van der Waals surface area contributed by atoms with Gasteiger partial charge in [-0.1, -0.05) is 12.1 Å². The Morgan fingerprint density at radius 1 is 1.28 bits per heavy atom. The second-order valence-electron chi connectivity index (χ2n) is 4.29. The third-order valence-electron chi connectivity index (χ3n) is 3.06. The van der Waals surface area contributed by atoms with Gasteiger partial charge in [-0.25, -0.2) is 0 Å². The van der Waals surface area contributed by atoms with Crippen LogP contribution in [0.15, 0.2) is 30.5 Å². The number of aryl methyl sites for hydroxylation is 1. The van der Waals surface area contributed by atoms with Gasteiger partial charge in [-0.2, -0.15) is 10.4 Å². The van der Waals surface area contributed by atoms with Gasteiger partial charge in [0, 0.05) is 31.4 Å². The smallest absolute Gasteiger partial charge is 0.0991 e. The highest BCUT2D eigenvalue weighted by atomic mass is 15.3. The lowest BCUT2D eigenvalue weighted by Gasteiger charge is -2.05. The monoisotopic (exact) mass is 240 g/mol. The second-order valence-corrected chi connectivity index (χ2v) is 4.29. The molecule has 4 heteroatoms. The second kappa shape index (κ2) is 5.48. The van der Waals surface area contributed by atoms with E-state index in [4.69, 9.17) is 5.26 Å². The quantitative estimate of drug-likeness (QED) is 0.888. The van der Waals surface area contributed by atoms with Crippen LogP contribution in [0, 0.1) is 18.3 Å². The average Bonchev–Trinajstić information content (AvgIpc) is 2.71. The SMILES string of the molecule is Cc1c(CNCc2ccc(C#N)cc2)cnn1C. The number of rotatable bonds is 4. The maximum Gasteiger partial charge on any atom is 0.0991 e. The minimum absolute atomic E-state index is 0.696. The summed E-state index contributed by atoms with van der Waals surface area (Å²) in [5.41, 5.74) is 4.27. The van der Waals surface area contributed by atoms with Crippen LogP contribution < -0.4 is 5.32 Å². The zero-order valence-corrected chi connectivity index (χ0v) is 10.6. The fraction of sp³-hybridized carbons (Fsp3) is 0.286. The molecule has 0 bridgehead atoms. The Bertz CT molecular complexity index is 560. The summed E-state index contributed by atoms with van der Waals surface area (Å²) < 4.78 is 1.87. The van der Waals surface area contributed by atoms with Crippen LogP contribution in [0.4, 0.5) is 0 Å². The Hall–Kier alpha value is -2.12. The highest BCUT2D eigenvalue weighted by molar-refractivity contribution is 5.31. The molecule has 1 aromatic carbocycles. The van der Waals surface area contributed by atoms with Crippen LogP contribution in [0.3, 0.4) is 0 Å². The van der Waals surface area contributed by atoms with Crippen molar-refractivity contribution in [2.45, 2.75) is 20.0 Å². The van der Waals surface area contributed by atoms with Crippen molar-refractivity contribution < 1.29 is 0 Å². The standard InChI is InChI=1S/C14H16N4/c1-11-14(10-17-18(11)2)9-16-8-13-5-3-12(7-15)4-6-13/h3-6,10,16H,8-9H2,1-2H3. The number of aromatic nitrogens is 2. The van der Waals surface area contributed by atoms with Crippen molar-refractivity contribution in [3.8, 4) is 6.07 Å². The first-order chi connectivity index (χ1) is 8.70. The molecule has 1 aromatic heterocycles. The van der Waals surface area contributed by atoms with Gasteiger partial charge in [0.1, 0.15) is 0 Å². The summed E-state index contributed by atoms with van der Waals surface area (Å²) >= 11 is 0. The Morgan fingerprint density at radius 2 is 2.00 bits per heavy atom. The van der Waals surface area contributed by atoms with E-state index in [1.54, 1.807) is 0 Å². The van der Waals surface area contributed by atoms with E-state index in [1.807, 2.05) is 42.2 Å². The molecule has 0 amide bonds. The van der Waals surface area contributed by atoms with Crippen LogP contribution in [0.5, 0.6) is 0 Å². The molecule has 0 spiro atoms. The highest BCUT2D eigenvalue weighted by Crippen LogP contribution is 2.06. The van der Waals surface area contributed by atoms with E-state index in [9.17, 15) is 0 Å². The predicted octanol–water partition coefficient (Wildman–Crippen LogP) is 1.89. The van der Waals surface area contributed by atoms with E-state index in [1.165, 1.54) is 16.8 Å². The van der Waals surface area contributed by atoms with E-state index < -0.39 is 0 Å². The Morgan fingerprint density at radius 3 is 2.56 bits per heavy atom. The van der Waals surface area contributed by atoms with E-state index in [2.05, 4.69) is 23.4 Å². The number of nitrogens with zero attached hydrogens (tertiary/aromatic N) is 3. The van der Waals surface area contributed by atoms with Crippen molar-refractivity contribution in [1.29, 1.82) is 5.26 Å². The molecule has 1 N–H and O–H groups in total. The number of benzene rings is 1. The Labute approximate surface area is 107 Å². The third kappa shape index (κ3) is 2.76. The van der Waals surface area contributed by atoms with Crippen molar-refractivity contribution in [3.63, 3.8) is 0 Å². The van der Waals surface area contributed by atoms with Gasteiger partial charge in [0.05, 0.1) is 17.8 Å². The van der Waals surface area contributed by atoms with Crippen molar-refractivity contribution in [2.75, 3.05) is 0 Å². The fourth-order valence-corrected chi connectivity index (χ4v) is 1.76. The largest absolute Gasteiger partial charge is 0.308 e. The van der Waals surface area contributed by atoms with Crippen LogP contribution in [-0.4, -0.2) is 9.78 Å². The van der Waals surface area contributed by atoms with Crippen molar-refractivity contribution in [2.24, 2.45) is 7.05 Å². The minimum Gasteiger partial charge on any atom is -0.308 e. The van der Waals surface area contributed by atoms with Crippen molar-refractivity contribution in [3.05, 3.63) is 52.8 Å². The van der Waals surface area contributed by atoms with Crippen LogP contribution in [0.25, 0.3) is 0 Å². The molecule has 0 aliphatic heterocycles. The predicted molar refractivity (Wildman–Crippen MR) is 69.6 cm³/mol. The maximum absolute atomic E-state index is 8.71. The summed E-state index contributed by atoms with van der Waals surface area (Å²) in [6.07, 6.45) is 1.89. The van der Waals surface area contributed by atoms with Crippen molar-refractivity contribution >= 4 is 0 Å². The van der Waals surface area contributed by atoms with Crippen molar-refractivity contribution in [1.82, 2.24) is 15.1 Å². The van der Waals surface area contributed by atoms with Gasteiger partial charge in [0.2, 0.25) is 0 Å². The average molecular weight is 240 g/mol. The molecule has 1 heterocycles. The summed E-state index contributed by atoms with van der Waals surface area (Å²) in [6, 6.07) is 9.74. The van der Waals surface area contributed by atoms with Gasteiger partial charge >= 0.3 is 0 Å². The molecule has 0 atom stereocenters. The molecule has 0 unspecified atom stereocenters. The van der Waals surface area contributed by atoms with Crippen LogP contribution in [0.2, 0.25) is 0 Å². The summed E-state index contributed by atoms with van der Waals surface area (Å²) in [5, 5.41) is 16.3. The topological polar surface area (TPSA) is 53.6 Å². The van der Waals surface area contributed by atoms with Gasteiger partial charge in [-0.3, -0.25) is 4.68 Å². The van der Waals surface area contributed by atoms with E-state index in [-0.39, 0.29) is 0 Å². The fourth-order valence-electron chi connectivity index (χ4n) is 1.76. The van der Waals surface area contributed by atoms with Gasteiger partial charge in [-0.05, 0) is 24.6 Å². The molecule has 0 saturated heterocycles. The number of hydrogen-bond acceptors (Lipinski definition) is 3. The molecule has 0 radical (unpaired) electrons. The first kappa shape index (κ1) is 12.3. The summed E-state index contributed by atoms with van der Waals surface area (Å²) in [7, 11) is 1.94. The molecule has 0 aliphatic carbocycles. The number of hydrogen-bond donors (Lipinski definition) is 1. The molecule has 0 saturated carbocycles. The normalized spacial score (nSPS) is 10.3. The zero-order valence-electron chi connectivity index (χ0n) is 10.6. The molecule has 2 aromatic rings. The van der Waals surface area contributed by atoms with E-state index in [0.717, 1.165) is 13.1 Å². The maximum atomic E-state index is 8.71. The first-order valence-electron chi connectivity index (χ1n) is 5.88. The molecule has 0 fully saturated rings.